The van der Waals surface area contributed by atoms with Crippen LogP contribution in [0.5, 0.6) is 0 Å². The van der Waals surface area contributed by atoms with Crippen molar-refractivity contribution in [1.29, 1.82) is 0 Å². The van der Waals surface area contributed by atoms with Crippen LogP contribution in [0.1, 0.15) is 0 Å². The maximum absolute atomic E-state index is 10.2. The highest BCUT2D eigenvalue weighted by Gasteiger charge is 2.28. The van der Waals surface area contributed by atoms with Crippen LogP contribution in [0.25, 0.3) is 0 Å². The minimum atomic E-state index is -4.86. The van der Waals surface area contributed by atoms with E-state index in [2.05, 4.69) is 4.52 Å². The van der Waals surface area contributed by atoms with Gasteiger partial charge in [-0.3, -0.25) is 9.79 Å². The Balaban J connectivity index is 4.48. The first-order valence-electron chi connectivity index (χ1n) is 3.97. The van der Waals surface area contributed by atoms with Crippen LogP contribution < -0.4 is 0 Å². The van der Waals surface area contributed by atoms with Crippen LogP contribution in [0.2, 0.25) is 0 Å². The van der Waals surface area contributed by atoms with Crippen LogP contribution >= 0.6 is 7.82 Å². The van der Waals surface area contributed by atoms with Crippen molar-refractivity contribution in [3.63, 3.8) is 0 Å². The minimum Gasteiger partial charge on any atom is -0.506 e. The third kappa shape index (κ3) is 5.42. The molecular weight excluding hydrogens is 247 g/mol. The van der Waals surface area contributed by atoms with Gasteiger partial charge in [0.1, 0.15) is 24.6 Å². The van der Waals surface area contributed by atoms with Gasteiger partial charge in [0.05, 0.1) is 6.61 Å². The number of phosphoric acid groups is 1. The van der Waals surface area contributed by atoms with Crippen LogP contribution in [0.3, 0.4) is 0 Å². The SMILES string of the molecule is O=P(O)(O)O/C=C(/O)[C@@H](O)[C@H](O)[C@H](O)CO. The molecule has 0 radical (unpaired) electrons. The zero-order valence-corrected chi connectivity index (χ0v) is 8.81. The van der Waals surface area contributed by atoms with E-state index in [0.29, 0.717) is 0 Å². The Morgan fingerprint density at radius 2 is 1.81 bits per heavy atom. The predicted octanol–water partition coefficient (Wildman–Crippen LogP) is -2.43. The largest absolute Gasteiger partial charge is 0.524 e. The summed E-state index contributed by atoms with van der Waals surface area (Å²) in [4.78, 5) is 16.5. The van der Waals surface area contributed by atoms with Gasteiger partial charge >= 0.3 is 7.82 Å². The first kappa shape index (κ1) is 15.3. The van der Waals surface area contributed by atoms with Crippen LogP contribution in [-0.4, -0.2) is 60.2 Å². The summed E-state index contributed by atoms with van der Waals surface area (Å²) in [6.07, 6.45) is -5.56. The number of aliphatic hydroxyl groups excluding tert-OH is 5. The molecule has 0 unspecified atom stereocenters. The lowest BCUT2D eigenvalue weighted by atomic mass is 10.1. The predicted molar refractivity (Wildman–Crippen MR) is 48.9 cm³/mol. The molecule has 0 aliphatic carbocycles. The fraction of sp³-hybridized carbons (Fsp3) is 0.667. The summed E-state index contributed by atoms with van der Waals surface area (Å²) < 4.78 is 13.9. The number of rotatable bonds is 6. The second kappa shape index (κ2) is 6.16. The van der Waals surface area contributed by atoms with Gasteiger partial charge in [-0.2, -0.15) is 0 Å². The van der Waals surface area contributed by atoms with Crippen molar-refractivity contribution in [1.82, 2.24) is 0 Å². The molecule has 0 aromatic carbocycles. The van der Waals surface area contributed by atoms with E-state index in [1.165, 1.54) is 0 Å². The highest BCUT2D eigenvalue weighted by Crippen LogP contribution is 2.36. The van der Waals surface area contributed by atoms with Crippen molar-refractivity contribution in [3.05, 3.63) is 12.0 Å². The Bertz CT molecular complexity index is 284. The average molecular weight is 260 g/mol. The second-order valence-electron chi connectivity index (χ2n) is 2.82. The average Bonchev–Trinajstić information content (AvgIpc) is 2.21. The third-order valence-electron chi connectivity index (χ3n) is 1.52. The summed E-state index contributed by atoms with van der Waals surface area (Å²) in [6, 6.07) is 0. The number of aliphatic hydroxyl groups is 5. The van der Waals surface area contributed by atoms with E-state index < -0.39 is 38.5 Å². The molecule has 0 aliphatic rings. The van der Waals surface area contributed by atoms with Gasteiger partial charge < -0.3 is 30.1 Å². The number of hydrogen-bond acceptors (Lipinski definition) is 7. The third-order valence-corrected chi connectivity index (χ3v) is 1.90. The first-order valence-corrected chi connectivity index (χ1v) is 5.50. The number of hydrogen-bond donors (Lipinski definition) is 7. The monoisotopic (exact) mass is 260 g/mol. The van der Waals surface area contributed by atoms with E-state index in [9.17, 15) is 4.57 Å². The quantitative estimate of drug-likeness (QED) is 0.203. The van der Waals surface area contributed by atoms with Crippen LogP contribution in [0, 0.1) is 0 Å². The van der Waals surface area contributed by atoms with Gasteiger partial charge in [0.25, 0.3) is 0 Å². The molecule has 0 aromatic heterocycles. The molecule has 0 aromatic rings. The van der Waals surface area contributed by atoms with Crippen LogP contribution in [-0.2, 0) is 9.09 Å². The van der Waals surface area contributed by atoms with Crippen molar-refractivity contribution in [2.45, 2.75) is 18.3 Å². The van der Waals surface area contributed by atoms with Gasteiger partial charge in [0.2, 0.25) is 0 Å². The summed E-state index contributed by atoms with van der Waals surface area (Å²) in [6.45, 7) is -0.870. The van der Waals surface area contributed by atoms with E-state index in [4.69, 9.17) is 35.3 Å². The molecule has 0 bridgehead atoms. The van der Waals surface area contributed by atoms with Crippen molar-refractivity contribution < 1.29 is 44.4 Å². The zero-order chi connectivity index (χ0) is 12.9. The van der Waals surface area contributed by atoms with E-state index in [1.807, 2.05) is 0 Å². The molecule has 0 fully saturated rings. The number of phosphoric ester groups is 1. The van der Waals surface area contributed by atoms with Gasteiger partial charge in [-0.25, -0.2) is 4.57 Å². The molecule has 3 atom stereocenters. The smallest absolute Gasteiger partial charge is 0.506 e. The van der Waals surface area contributed by atoms with Crippen molar-refractivity contribution in [2.24, 2.45) is 0 Å². The molecule has 0 saturated heterocycles. The maximum atomic E-state index is 10.2. The lowest BCUT2D eigenvalue weighted by Crippen LogP contribution is -2.40. The molecule has 10 heteroatoms. The highest BCUT2D eigenvalue weighted by atomic mass is 31.2. The van der Waals surface area contributed by atoms with Gasteiger partial charge in [0.15, 0.2) is 5.76 Å². The summed E-state index contributed by atoms with van der Waals surface area (Å²) >= 11 is 0. The van der Waals surface area contributed by atoms with Crippen molar-refractivity contribution in [3.8, 4) is 0 Å². The summed E-state index contributed by atoms with van der Waals surface area (Å²) in [5.41, 5.74) is 0. The van der Waals surface area contributed by atoms with Gasteiger partial charge in [-0.15, -0.1) is 0 Å². The summed E-state index contributed by atoms with van der Waals surface area (Å²) in [5.74, 6) is -1.11. The van der Waals surface area contributed by atoms with Gasteiger partial charge in [0, 0.05) is 0 Å². The summed E-state index contributed by atoms with van der Waals surface area (Å²) in [5, 5.41) is 44.5. The first-order chi connectivity index (χ1) is 7.19. The standard InChI is InChI=1S/C6H13O9P/c7-1-3(8)5(10)6(11)4(9)2-15-16(12,13)14/h2-3,5-11H,1H2,(H2,12,13,14)/b4-2+/t3-,5-,6-/m1/s1. The minimum absolute atomic E-state index is 0.138. The fourth-order valence-corrected chi connectivity index (χ4v) is 0.931. The molecular formula is C6H13O9P. The van der Waals surface area contributed by atoms with E-state index in [0.717, 1.165) is 0 Å². The molecule has 7 N–H and O–H groups in total. The highest BCUT2D eigenvalue weighted by molar-refractivity contribution is 7.46. The Hall–Kier alpha value is -0.670. The molecule has 0 rings (SSSR count). The lowest BCUT2D eigenvalue weighted by Gasteiger charge is -2.20. The van der Waals surface area contributed by atoms with E-state index in [-0.39, 0.29) is 6.26 Å². The molecule has 0 spiro atoms. The van der Waals surface area contributed by atoms with Gasteiger partial charge in [-0.1, -0.05) is 0 Å². The van der Waals surface area contributed by atoms with Crippen LogP contribution in [0.4, 0.5) is 0 Å². The van der Waals surface area contributed by atoms with E-state index >= 15 is 0 Å². The molecule has 0 amide bonds. The Morgan fingerprint density at radius 1 is 1.31 bits per heavy atom. The normalized spacial score (nSPS) is 19.0. The fourth-order valence-electron chi connectivity index (χ4n) is 0.686. The Morgan fingerprint density at radius 3 is 2.19 bits per heavy atom. The Labute approximate surface area is 90.1 Å². The summed E-state index contributed by atoms with van der Waals surface area (Å²) in [7, 11) is -4.86. The van der Waals surface area contributed by atoms with E-state index in [1.54, 1.807) is 0 Å². The Kier molecular flexibility index (Phi) is 5.90. The van der Waals surface area contributed by atoms with Gasteiger partial charge in [-0.05, 0) is 0 Å². The maximum Gasteiger partial charge on any atom is 0.524 e. The topological polar surface area (TPSA) is 168 Å². The van der Waals surface area contributed by atoms with Crippen molar-refractivity contribution in [2.75, 3.05) is 6.61 Å². The molecule has 16 heavy (non-hydrogen) atoms. The molecule has 9 nitrogen and oxygen atoms in total. The molecule has 0 saturated carbocycles. The second-order valence-corrected chi connectivity index (χ2v) is 4.02. The molecule has 0 aliphatic heterocycles. The lowest BCUT2D eigenvalue weighted by molar-refractivity contribution is -0.0750. The van der Waals surface area contributed by atoms with Crippen molar-refractivity contribution >= 4 is 7.82 Å². The zero-order valence-electron chi connectivity index (χ0n) is 7.91. The molecule has 96 valence electrons. The molecule has 0 heterocycles. The van der Waals surface area contributed by atoms with Crippen LogP contribution in [0.15, 0.2) is 12.0 Å².